The van der Waals surface area contributed by atoms with E-state index in [1.165, 1.54) is 6.20 Å². The molecule has 6 nitrogen and oxygen atoms in total. The molecule has 17 heavy (non-hydrogen) atoms. The third-order valence-electron chi connectivity index (χ3n) is 3.02. The van der Waals surface area contributed by atoms with Crippen LogP contribution in [-0.2, 0) is 4.79 Å². The predicted octanol–water partition coefficient (Wildman–Crippen LogP) is 1.06. The van der Waals surface area contributed by atoms with Gasteiger partial charge in [0.25, 0.3) is 5.91 Å². The highest BCUT2D eigenvalue weighted by Gasteiger charge is 2.37. The maximum atomic E-state index is 11.8. The molecule has 1 aromatic rings. The van der Waals surface area contributed by atoms with E-state index in [9.17, 15) is 9.59 Å². The van der Waals surface area contributed by atoms with Gasteiger partial charge in [0.2, 0.25) is 0 Å². The van der Waals surface area contributed by atoms with E-state index in [0.29, 0.717) is 12.8 Å². The van der Waals surface area contributed by atoms with Gasteiger partial charge in [-0.3, -0.25) is 9.59 Å². The molecule has 2 rings (SSSR count). The average Bonchev–Trinajstić information content (AvgIpc) is 2.86. The van der Waals surface area contributed by atoms with Gasteiger partial charge in [-0.2, -0.15) is 8.75 Å². The average molecular weight is 255 g/mol. The summed E-state index contributed by atoms with van der Waals surface area (Å²) in [6.07, 6.45) is 4.68. The van der Waals surface area contributed by atoms with E-state index in [2.05, 4.69) is 14.1 Å². The molecule has 0 unspecified atom stereocenters. The lowest BCUT2D eigenvalue weighted by Crippen LogP contribution is -2.47. The van der Waals surface area contributed by atoms with Crippen LogP contribution in [0.5, 0.6) is 0 Å². The molecule has 0 saturated heterocycles. The molecule has 1 fully saturated rings. The van der Waals surface area contributed by atoms with E-state index in [-0.39, 0.29) is 18.0 Å². The first-order chi connectivity index (χ1) is 8.11. The number of carboxylic acid groups (broad SMARTS) is 1. The van der Waals surface area contributed by atoms with Crippen molar-refractivity contribution in [3.63, 3.8) is 0 Å². The summed E-state index contributed by atoms with van der Waals surface area (Å²) < 4.78 is 7.59. The maximum Gasteiger partial charge on any atom is 0.305 e. The minimum Gasteiger partial charge on any atom is -0.481 e. The monoisotopic (exact) mass is 255 g/mol. The number of nitrogens with zero attached hydrogens (tertiary/aromatic N) is 2. The Morgan fingerprint density at radius 2 is 2.18 bits per heavy atom. The second-order valence-corrected chi connectivity index (χ2v) is 4.86. The highest BCUT2D eigenvalue weighted by molar-refractivity contribution is 6.99. The van der Waals surface area contributed by atoms with Crippen LogP contribution in [0.1, 0.15) is 42.6 Å². The predicted molar refractivity (Wildman–Crippen MR) is 60.8 cm³/mol. The molecule has 2 N–H and O–H groups in total. The molecule has 0 radical (unpaired) electrons. The first kappa shape index (κ1) is 12.0. The number of aliphatic carboxylic acids is 1. The zero-order chi connectivity index (χ0) is 12.3. The van der Waals surface area contributed by atoms with Gasteiger partial charge in [0.15, 0.2) is 5.69 Å². The number of carbonyl (C=O) groups excluding carboxylic acids is 1. The second kappa shape index (κ2) is 4.79. The Morgan fingerprint density at radius 3 is 2.71 bits per heavy atom. The lowest BCUT2D eigenvalue weighted by molar-refractivity contribution is -0.138. The van der Waals surface area contributed by atoms with Crippen LogP contribution in [0.2, 0.25) is 0 Å². The van der Waals surface area contributed by atoms with Crippen molar-refractivity contribution in [2.24, 2.45) is 0 Å². The Labute approximate surface area is 102 Å². The largest absolute Gasteiger partial charge is 0.481 e. The zero-order valence-corrected chi connectivity index (χ0v) is 10.00. The number of aromatic nitrogens is 2. The van der Waals surface area contributed by atoms with Crippen molar-refractivity contribution in [1.82, 2.24) is 14.1 Å². The minimum absolute atomic E-state index is 0.0314. The molecule has 7 heteroatoms. The van der Waals surface area contributed by atoms with Crippen LogP contribution in [0, 0.1) is 0 Å². The molecular weight excluding hydrogens is 242 g/mol. The van der Waals surface area contributed by atoms with Crippen LogP contribution < -0.4 is 5.32 Å². The number of rotatable bonds is 4. The van der Waals surface area contributed by atoms with Crippen LogP contribution in [0.25, 0.3) is 0 Å². The Balaban J connectivity index is 2.08. The van der Waals surface area contributed by atoms with E-state index in [0.717, 1.165) is 24.6 Å². The summed E-state index contributed by atoms with van der Waals surface area (Å²) in [5, 5.41) is 11.7. The van der Waals surface area contributed by atoms with Crippen LogP contribution in [0.4, 0.5) is 0 Å². The molecule has 0 spiro atoms. The molecule has 0 bridgehead atoms. The molecular formula is C10H13N3O3S. The molecule has 1 aromatic heterocycles. The lowest BCUT2D eigenvalue weighted by Gasteiger charge is -2.28. The minimum atomic E-state index is -0.886. The van der Waals surface area contributed by atoms with E-state index in [4.69, 9.17) is 5.11 Å². The molecule has 0 aliphatic heterocycles. The number of carbonyl (C=O) groups is 2. The van der Waals surface area contributed by atoms with E-state index in [1.807, 2.05) is 0 Å². The zero-order valence-electron chi connectivity index (χ0n) is 9.18. The Bertz CT molecular complexity index is 412. The molecule has 1 aliphatic carbocycles. The third-order valence-corrected chi connectivity index (χ3v) is 3.50. The summed E-state index contributed by atoms with van der Waals surface area (Å²) in [4.78, 5) is 22.7. The smallest absolute Gasteiger partial charge is 0.305 e. The Hall–Kier alpha value is -1.50. The Morgan fingerprint density at radius 1 is 1.47 bits per heavy atom. The molecule has 1 amide bonds. The fourth-order valence-electron chi connectivity index (χ4n) is 2.26. The van der Waals surface area contributed by atoms with E-state index in [1.54, 1.807) is 0 Å². The number of carboxylic acids is 1. The van der Waals surface area contributed by atoms with Crippen molar-refractivity contribution in [3.8, 4) is 0 Å². The van der Waals surface area contributed by atoms with Crippen LogP contribution in [0.15, 0.2) is 6.20 Å². The van der Waals surface area contributed by atoms with Gasteiger partial charge in [-0.15, -0.1) is 0 Å². The summed E-state index contributed by atoms with van der Waals surface area (Å²) in [6.45, 7) is 0. The molecule has 1 saturated carbocycles. The van der Waals surface area contributed by atoms with E-state index >= 15 is 0 Å². The van der Waals surface area contributed by atoms with Crippen molar-refractivity contribution in [2.45, 2.75) is 37.6 Å². The van der Waals surface area contributed by atoms with Gasteiger partial charge in [0.1, 0.15) is 0 Å². The first-order valence-electron chi connectivity index (χ1n) is 5.43. The SMILES string of the molecule is O=C(O)CC1(NC(=O)c2cnsn2)CCCC1. The topological polar surface area (TPSA) is 92.2 Å². The first-order valence-corrected chi connectivity index (χ1v) is 6.16. The van der Waals surface area contributed by atoms with Gasteiger partial charge < -0.3 is 10.4 Å². The highest BCUT2D eigenvalue weighted by atomic mass is 32.1. The van der Waals surface area contributed by atoms with Gasteiger partial charge in [0.05, 0.1) is 29.9 Å². The maximum absolute atomic E-state index is 11.8. The quantitative estimate of drug-likeness (QED) is 0.839. The van der Waals surface area contributed by atoms with Gasteiger partial charge in [-0.05, 0) is 12.8 Å². The van der Waals surface area contributed by atoms with Crippen LogP contribution in [0.3, 0.4) is 0 Å². The fraction of sp³-hybridized carbons (Fsp3) is 0.600. The highest BCUT2D eigenvalue weighted by Crippen LogP contribution is 2.32. The molecule has 92 valence electrons. The van der Waals surface area contributed by atoms with Gasteiger partial charge in [-0.1, -0.05) is 12.8 Å². The summed E-state index contributed by atoms with van der Waals surface area (Å²) in [7, 11) is 0. The standard InChI is InChI=1S/C10H13N3O3S/c14-8(15)5-10(3-1-2-4-10)12-9(16)7-6-11-17-13-7/h6H,1-5H2,(H,12,16)(H,14,15). The van der Waals surface area contributed by atoms with Crippen molar-refractivity contribution in [1.29, 1.82) is 0 Å². The van der Waals surface area contributed by atoms with Gasteiger partial charge >= 0.3 is 5.97 Å². The molecule has 0 atom stereocenters. The summed E-state index contributed by atoms with van der Waals surface area (Å²) >= 11 is 0.961. The summed E-state index contributed by atoms with van der Waals surface area (Å²) in [5.41, 5.74) is -0.348. The van der Waals surface area contributed by atoms with Gasteiger partial charge in [-0.25, -0.2) is 0 Å². The fourth-order valence-corrected chi connectivity index (χ4v) is 2.67. The number of nitrogens with one attached hydrogen (secondary N) is 1. The van der Waals surface area contributed by atoms with Crippen molar-refractivity contribution < 1.29 is 14.7 Å². The number of amides is 1. The normalized spacial score (nSPS) is 17.9. The van der Waals surface area contributed by atoms with Crippen LogP contribution in [-0.4, -0.2) is 31.3 Å². The Kier molecular flexibility index (Phi) is 3.37. The molecule has 1 heterocycles. The third kappa shape index (κ3) is 2.79. The van der Waals surface area contributed by atoms with Crippen molar-refractivity contribution in [2.75, 3.05) is 0 Å². The molecule has 0 aromatic carbocycles. The van der Waals surface area contributed by atoms with Crippen LogP contribution >= 0.6 is 11.7 Å². The van der Waals surface area contributed by atoms with E-state index < -0.39 is 11.5 Å². The number of hydrogen-bond donors (Lipinski definition) is 2. The lowest BCUT2D eigenvalue weighted by atomic mass is 9.93. The summed E-state index contributed by atoms with van der Waals surface area (Å²) in [6, 6.07) is 0. The summed E-state index contributed by atoms with van der Waals surface area (Å²) in [5.74, 6) is -1.22. The van der Waals surface area contributed by atoms with Crippen molar-refractivity contribution >= 4 is 23.6 Å². The second-order valence-electron chi connectivity index (χ2n) is 4.30. The van der Waals surface area contributed by atoms with Gasteiger partial charge in [0, 0.05) is 0 Å². The number of hydrogen-bond acceptors (Lipinski definition) is 5. The molecule has 1 aliphatic rings. The van der Waals surface area contributed by atoms with Crippen molar-refractivity contribution in [3.05, 3.63) is 11.9 Å².